The number of nitrogens with zero attached hydrogens (tertiary/aromatic N) is 1. The number of aromatic nitrogens is 1. The summed E-state index contributed by atoms with van der Waals surface area (Å²) >= 11 is 6.20. The summed E-state index contributed by atoms with van der Waals surface area (Å²) in [4.78, 5) is 4.03. The molecule has 0 aromatic carbocycles. The molecule has 1 atom stereocenters. The minimum absolute atomic E-state index is 0.139. The molecule has 2 nitrogen and oxygen atoms in total. The van der Waals surface area contributed by atoms with Crippen molar-refractivity contribution in [3.63, 3.8) is 0 Å². The predicted octanol–water partition coefficient (Wildman–Crippen LogP) is 3.82. The molecule has 0 fully saturated rings. The maximum atomic E-state index is 6.20. The van der Waals surface area contributed by atoms with Crippen LogP contribution < -0.4 is 5.32 Å². The van der Waals surface area contributed by atoms with Crippen molar-refractivity contribution in [2.45, 2.75) is 40.2 Å². The van der Waals surface area contributed by atoms with Gasteiger partial charge in [-0.3, -0.25) is 4.98 Å². The van der Waals surface area contributed by atoms with E-state index >= 15 is 0 Å². The van der Waals surface area contributed by atoms with Crippen LogP contribution in [0.1, 0.15) is 45.7 Å². The van der Waals surface area contributed by atoms with Gasteiger partial charge >= 0.3 is 0 Å². The number of hydrogen-bond donors (Lipinski definition) is 1. The van der Waals surface area contributed by atoms with Gasteiger partial charge in [0.05, 0.1) is 5.02 Å². The number of hydrogen-bond acceptors (Lipinski definition) is 2. The van der Waals surface area contributed by atoms with Crippen LogP contribution in [0, 0.1) is 5.41 Å². The molecule has 90 valence electrons. The first-order chi connectivity index (χ1) is 7.46. The average Bonchev–Trinajstić information content (AvgIpc) is 2.19. The Morgan fingerprint density at radius 2 is 2.12 bits per heavy atom. The minimum Gasteiger partial charge on any atom is -0.309 e. The fourth-order valence-corrected chi connectivity index (χ4v) is 2.02. The van der Waals surface area contributed by atoms with Gasteiger partial charge < -0.3 is 5.32 Å². The van der Waals surface area contributed by atoms with E-state index in [1.807, 2.05) is 6.07 Å². The summed E-state index contributed by atoms with van der Waals surface area (Å²) in [6, 6.07) is 2.27. The number of rotatable bonds is 4. The second-order valence-corrected chi connectivity index (χ2v) is 5.56. The Morgan fingerprint density at radius 3 is 2.62 bits per heavy atom. The van der Waals surface area contributed by atoms with Crippen LogP contribution in [0.2, 0.25) is 5.02 Å². The van der Waals surface area contributed by atoms with E-state index in [4.69, 9.17) is 11.6 Å². The first kappa shape index (κ1) is 13.5. The van der Waals surface area contributed by atoms with Crippen molar-refractivity contribution in [1.82, 2.24) is 10.3 Å². The van der Waals surface area contributed by atoms with Crippen LogP contribution in [0.25, 0.3) is 0 Å². The van der Waals surface area contributed by atoms with Gasteiger partial charge in [0.25, 0.3) is 0 Å². The third-order valence-electron chi connectivity index (χ3n) is 2.58. The highest BCUT2D eigenvalue weighted by molar-refractivity contribution is 6.31. The molecule has 3 heteroatoms. The molecule has 0 radical (unpaired) electrons. The molecule has 0 bridgehead atoms. The highest BCUT2D eigenvalue weighted by atomic mass is 35.5. The lowest BCUT2D eigenvalue weighted by atomic mass is 9.82. The summed E-state index contributed by atoms with van der Waals surface area (Å²) < 4.78 is 0. The zero-order chi connectivity index (χ0) is 12.2. The maximum absolute atomic E-state index is 6.20. The van der Waals surface area contributed by atoms with Crippen molar-refractivity contribution in [2.24, 2.45) is 5.41 Å². The van der Waals surface area contributed by atoms with Crippen molar-refractivity contribution < 1.29 is 0 Å². The van der Waals surface area contributed by atoms with Crippen molar-refractivity contribution >= 4 is 11.6 Å². The molecule has 0 aliphatic carbocycles. The molecular weight excluding hydrogens is 220 g/mol. The molecule has 0 amide bonds. The van der Waals surface area contributed by atoms with Crippen LogP contribution in [0.4, 0.5) is 0 Å². The maximum Gasteiger partial charge on any atom is 0.0637 e. The van der Waals surface area contributed by atoms with E-state index < -0.39 is 0 Å². The zero-order valence-corrected chi connectivity index (χ0v) is 11.3. The third kappa shape index (κ3) is 3.46. The Labute approximate surface area is 103 Å². The van der Waals surface area contributed by atoms with Crippen molar-refractivity contribution in [2.75, 3.05) is 6.54 Å². The van der Waals surface area contributed by atoms with E-state index in [1.54, 1.807) is 12.4 Å². The smallest absolute Gasteiger partial charge is 0.0637 e. The highest BCUT2D eigenvalue weighted by Gasteiger charge is 2.27. The molecule has 1 aromatic rings. The zero-order valence-electron chi connectivity index (χ0n) is 10.5. The van der Waals surface area contributed by atoms with Gasteiger partial charge in [-0.1, -0.05) is 39.3 Å². The minimum atomic E-state index is 0.139. The van der Waals surface area contributed by atoms with E-state index in [1.165, 1.54) is 0 Å². The molecule has 1 rings (SSSR count). The lowest BCUT2D eigenvalue weighted by molar-refractivity contribution is 0.273. The topological polar surface area (TPSA) is 24.9 Å². The van der Waals surface area contributed by atoms with Gasteiger partial charge in [-0.25, -0.2) is 0 Å². The molecule has 1 heterocycles. The predicted molar refractivity (Wildman–Crippen MR) is 69.7 cm³/mol. The van der Waals surface area contributed by atoms with E-state index in [9.17, 15) is 0 Å². The summed E-state index contributed by atoms with van der Waals surface area (Å²) in [6.45, 7) is 9.83. The van der Waals surface area contributed by atoms with Crippen LogP contribution in [-0.4, -0.2) is 11.5 Å². The summed E-state index contributed by atoms with van der Waals surface area (Å²) in [5, 5.41) is 4.30. The summed E-state index contributed by atoms with van der Waals surface area (Å²) in [5.74, 6) is 0. The van der Waals surface area contributed by atoms with Gasteiger partial charge in [-0.2, -0.15) is 0 Å². The van der Waals surface area contributed by atoms with Crippen molar-refractivity contribution in [3.05, 3.63) is 29.0 Å². The molecule has 0 aliphatic heterocycles. The Kier molecular flexibility index (Phi) is 4.75. The van der Waals surface area contributed by atoms with Gasteiger partial charge in [-0.15, -0.1) is 0 Å². The second-order valence-electron chi connectivity index (χ2n) is 5.15. The molecular formula is C13H21ClN2. The first-order valence-corrected chi connectivity index (χ1v) is 6.17. The lowest BCUT2D eigenvalue weighted by Crippen LogP contribution is -2.33. The molecule has 16 heavy (non-hydrogen) atoms. The van der Waals surface area contributed by atoms with Crippen molar-refractivity contribution in [1.29, 1.82) is 0 Å². The Balaban J connectivity index is 2.97. The van der Waals surface area contributed by atoms with Gasteiger partial charge in [0.1, 0.15) is 0 Å². The van der Waals surface area contributed by atoms with E-state index in [0.29, 0.717) is 0 Å². The van der Waals surface area contributed by atoms with Crippen LogP contribution >= 0.6 is 11.6 Å². The van der Waals surface area contributed by atoms with Gasteiger partial charge in [0.2, 0.25) is 0 Å². The van der Waals surface area contributed by atoms with Crippen LogP contribution in [0.3, 0.4) is 0 Å². The number of halogens is 1. The monoisotopic (exact) mass is 240 g/mol. The Morgan fingerprint density at radius 1 is 1.44 bits per heavy atom. The van der Waals surface area contributed by atoms with E-state index in [-0.39, 0.29) is 11.5 Å². The van der Waals surface area contributed by atoms with Gasteiger partial charge in [-0.05, 0) is 30.0 Å². The van der Waals surface area contributed by atoms with E-state index in [2.05, 4.69) is 38.0 Å². The molecule has 0 aliphatic rings. The lowest BCUT2D eigenvalue weighted by Gasteiger charge is -2.32. The summed E-state index contributed by atoms with van der Waals surface area (Å²) in [5.41, 5.74) is 1.28. The summed E-state index contributed by atoms with van der Waals surface area (Å²) in [6.07, 6.45) is 4.63. The first-order valence-electron chi connectivity index (χ1n) is 5.79. The fourth-order valence-electron chi connectivity index (χ4n) is 1.79. The number of nitrogens with one attached hydrogen (secondary N) is 1. The highest BCUT2D eigenvalue weighted by Crippen LogP contribution is 2.35. The Hall–Kier alpha value is -0.600. The number of pyridine rings is 1. The third-order valence-corrected chi connectivity index (χ3v) is 2.90. The summed E-state index contributed by atoms with van der Waals surface area (Å²) in [7, 11) is 0. The quantitative estimate of drug-likeness (QED) is 0.866. The molecule has 0 spiro atoms. The largest absolute Gasteiger partial charge is 0.309 e. The fraction of sp³-hybridized carbons (Fsp3) is 0.615. The second kappa shape index (κ2) is 5.65. The SMILES string of the molecule is CCCNC(c1ccncc1Cl)C(C)(C)C. The van der Waals surface area contributed by atoms with Gasteiger partial charge in [0.15, 0.2) is 0 Å². The van der Waals surface area contributed by atoms with Crippen LogP contribution in [-0.2, 0) is 0 Å². The van der Waals surface area contributed by atoms with Crippen LogP contribution in [0.5, 0.6) is 0 Å². The molecule has 0 saturated carbocycles. The average molecular weight is 241 g/mol. The van der Waals surface area contributed by atoms with E-state index in [0.717, 1.165) is 23.6 Å². The molecule has 0 saturated heterocycles. The standard InChI is InChI=1S/C13H21ClN2/c1-5-7-16-12(13(2,3)4)10-6-8-15-9-11(10)14/h6,8-9,12,16H,5,7H2,1-4H3. The van der Waals surface area contributed by atoms with Crippen molar-refractivity contribution in [3.8, 4) is 0 Å². The normalized spacial score (nSPS) is 13.8. The van der Waals surface area contributed by atoms with Gasteiger partial charge in [0, 0.05) is 18.4 Å². The molecule has 1 unspecified atom stereocenters. The van der Waals surface area contributed by atoms with Crippen LogP contribution in [0.15, 0.2) is 18.5 Å². The molecule has 1 N–H and O–H groups in total. The Bertz CT molecular complexity index is 331. The molecule has 1 aromatic heterocycles.